The lowest BCUT2D eigenvalue weighted by atomic mass is 10.2. The number of unbranched alkanes of at least 4 members (excludes halogenated alkanes) is 1. The van der Waals surface area contributed by atoms with E-state index in [2.05, 4.69) is 64.4 Å². The van der Waals surface area contributed by atoms with E-state index in [9.17, 15) is 0 Å². The molecule has 1 aromatic carbocycles. The SMILES string of the molecule is CCCCOc1ccc(CNCc2cccnc2N2CCN(C)CC2)cc1.Cl. The monoisotopic (exact) mass is 404 g/mol. The molecule has 6 heteroatoms. The van der Waals surface area contributed by atoms with Gasteiger partial charge in [0.1, 0.15) is 11.6 Å². The zero-order chi connectivity index (χ0) is 18.9. The van der Waals surface area contributed by atoms with Crippen molar-refractivity contribution < 1.29 is 4.74 Å². The van der Waals surface area contributed by atoms with Gasteiger partial charge in [0.25, 0.3) is 0 Å². The Kier molecular flexibility index (Phi) is 9.55. The number of ether oxygens (including phenoxy) is 1. The third kappa shape index (κ3) is 6.66. The summed E-state index contributed by atoms with van der Waals surface area (Å²) in [5, 5.41) is 3.56. The highest BCUT2D eigenvalue weighted by Crippen LogP contribution is 2.19. The molecule has 0 amide bonds. The zero-order valence-corrected chi connectivity index (χ0v) is 17.9. The molecule has 2 aromatic rings. The van der Waals surface area contributed by atoms with Crippen LogP contribution in [0, 0.1) is 0 Å². The van der Waals surface area contributed by atoms with Crippen LogP contribution in [0.15, 0.2) is 42.6 Å². The van der Waals surface area contributed by atoms with Crippen LogP contribution in [-0.2, 0) is 13.1 Å². The second-order valence-corrected chi connectivity index (χ2v) is 7.23. The van der Waals surface area contributed by atoms with Gasteiger partial charge in [-0.1, -0.05) is 31.5 Å². The normalized spacial score (nSPS) is 14.6. The average Bonchev–Trinajstić information content (AvgIpc) is 2.70. The van der Waals surface area contributed by atoms with Crippen molar-refractivity contribution >= 4 is 18.2 Å². The summed E-state index contributed by atoms with van der Waals surface area (Å²) in [6.45, 7) is 8.91. The summed E-state index contributed by atoms with van der Waals surface area (Å²) < 4.78 is 5.73. The van der Waals surface area contributed by atoms with Crippen LogP contribution in [0.4, 0.5) is 5.82 Å². The van der Waals surface area contributed by atoms with Gasteiger partial charge in [-0.2, -0.15) is 0 Å². The summed E-state index contributed by atoms with van der Waals surface area (Å²) in [5.74, 6) is 2.08. The number of pyridine rings is 1. The summed E-state index contributed by atoms with van der Waals surface area (Å²) in [5.41, 5.74) is 2.53. The molecule has 1 aliphatic heterocycles. The van der Waals surface area contributed by atoms with E-state index in [-0.39, 0.29) is 12.4 Å². The minimum Gasteiger partial charge on any atom is -0.494 e. The molecule has 0 radical (unpaired) electrons. The van der Waals surface area contributed by atoms with Crippen LogP contribution in [0.2, 0.25) is 0 Å². The second-order valence-electron chi connectivity index (χ2n) is 7.23. The number of hydrogen-bond donors (Lipinski definition) is 1. The molecule has 5 nitrogen and oxygen atoms in total. The highest BCUT2D eigenvalue weighted by Gasteiger charge is 2.17. The molecular weight excluding hydrogens is 372 g/mol. The Morgan fingerprint density at radius 2 is 1.79 bits per heavy atom. The molecule has 1 fully saturated rings. The Balaban J connectivity index is 0.00000280. The summed E-state index contributed by atoms with van der Waals surface area (Å²) in [7, 11) is 2.18. The van der Waals surface area contributed by atoms with Crippen LogP contribution >= 0.6 is 12.4 Å². The van der Waals surface area contributed by atoms with E-state index in [1.165, 1.54) is 11.1 Å². The Bertz CT molecular complexity index is 687. The third-order valence-electron chi connectivity index (χ3n) is 5.00. The smallest absolute Gasteiger partial charge is 0.133 e. The number of anilines is 1. The van der Waals surface area contributed by atoms with Gasteiger partial charge < -0.3 is 19.9 Å². The maximum absolute atomic E-state index is 5.73. The van der Waals surface area contributed by atoms with E-state index < -0.39 is 0 Å². The van der Waals surface area contributed by atoms with E-state index in [0.717, 1.165) is 70.3 Å². The number of hydrogen-bond acceptors (Lipinski definition) is 5. The molecule has 3 rings (SSSR count). The number of nitrogens with one attached hydrogen (secondary N) is 1. The maximum atomic E-state index is 5.73. The van der Waals surface area contributed by atoms with Crippen molar-refractivity contribution in [1.82, 2.24) is 15.2 Å². The predicted octanol–water partition coefficient (Wildman–Crippen LogP) is 3.72. The number of aromatic nitrogens is 1. The van der Waals surface area contributed by atoms with Crippen molar-refractivity contribution in [2.75, 3.05) is 44.7 Å². The van der Waals surface area contributed by atoms with Gasteiger partial charge in [-0.05, 0) is 37.2 Å². The Morgan fingerprint density at radius 3 is 2.50 bits per heavy atom. The molecule has 28 heavy (non-hydrogen) atoms. The molecule has 1 N–H and O–H groups in total. The van der Waals surface area contributed by atoms with Crippen LogP contribution < -0.4 is 15.0 Å². The fraction of sp³-hybridized carbons (Fsp3) is 0.500. The van der Waals surface area contributed by atoms with E-state index in [4.69, 9.17) is 4.74 Å². The van der Waals surface area contributed by atoms with Crippen LogP contribution in [0.5, 0.6) is 5.75 Å². The van der Waals surface area contributed by atoms with Gasteiger partial charge in [-0.3, -0.25) is 0 Å². The first kappa shape index (κ1) is 22.5. The first-order valence-electron chi connectivity index (χ1n) is 10.1. The molecule has 154 valence electrons. The van der Waals surface area contributed by atoms with E-state index in [1.54, 1.807) is 0 Å². The molecule has 0 bridgehead atoms. The second kappa shape index (κ2) is 11.9. The van der Waals surface area contributed by atoms with Gasteiger partial charge in [0.15, 0.2) is 0 Å². The van der Waals surface area contributed by atoms with Gasteiger partial charge in [0.2, 0.25) is 0 Å². The molecule has 0 saturated carbocycles. The van der Waals surface area contributed by atoms with Gasteiger partial charge in [-0.15, -0.1) is 12.4 Å². The van der Waals surface area contributed by atoms with Crippen molar-refractivity contribution in [2.24, 2.45) is 0 Å². The lowest BCUT2D eigenvalue weighted by Crippen LogP contribution is -2.45. The van der Waals surface area contributed by atoms with Gasteiger partial charge in [-0.25, -0.2) is 4.98 Å². The molecule has 1 aromatic heterocycles. The molecule has 0 aliphatic carbocycles. The number of likely N-dealkylation sites (N-methyl/N-ethyl adjacent to an activating group) is 1. The first-order chi connectivity index (χ1) is 13.3. The molecule has 2 heterocycles. The topological polar surface area (TPSA) is 40.6 Å². The van der Waals surface area contributed by atoms with Crippen molar-refractivity contribution in [3.05, 3.63) is 53.7 Å². The lowest BCUT2D eigenvalue weighted by molar-refractivity contribution is 0.309. The Hall–Kier alpha value is -1.82. The lowest BCUT2D eigenvalue weighted by Gasteiger charge is -2.34. The van der Waals surface area contributed by atoms with Crippen LogP contribution in [0.1, 0.15) is 30.9 Å². The van der Waals surface area contributed by atoms with E-state index >= 15 is 0 Å². The highest BCUT2D eigenvalue weighted by atomic mass is 35.5. The molecular formula is C22H33ClN4O. The largest absolute Gasteiger partial charge is 0.494 e. The van der Waals surface area contributed by atoms with E-state index in [0.29, 0.717) is 0 Å². The zero-order valence-electron chi connectivity index (χ0n) is 17.1. The van der Waals surface area contributed by atoms with Gasteiger partial charge in [0.05, 0.1) is 6.61 Å². The summed E-state index contributed by atoms with van der Waals surface area (Å²) in [6.07, 6.45) is 4.16. The standard InChI is InChI=1S/C22H32N4O.ClH/c1-3-4-16-27-21-9-7-19(8-10-21)17-23-18-20-6-5-11-24-22(20)26-14-12-25(2)13-15-26;/h5-11,23H,3-4,12-18H2,1-2H3;1H. The maximum Gasteiger partial charge on any atom is 0.133 e. The summed E-state index contributed by atoms with van der Waals surface area (Å²) in [6, 6.07) is 12.6. The van der Waals surface area contributed by atoms with Crippen molar-refractivity contribution in [1.29, 1.82) is 0 Å². The van der Waals surface area contributed by atoms with E-state index in [1.807, 2.05) is 12.3 Å². The fourth-order valence-corrected chi connectivity index (χ4v) is 3.25. The van der Waals surface area contributed by atoms with Crippen molar-refractivity contribution in [3.63, 3.8) is 0 Å². The minimum atomic E-state index is 0. The molecule has 1 aliphatic rings. The quantitative estimate of drug-likeness (QED) is 0.645. The molecule has 1 saturated heterocycles. The van der Waals surface area contributed by atoms with Crippen LogP contribution in [0.3, 0.4) is 0 Å². The van der Waals surface area contributed by atoms with Crippen molar-refractivity contribution in [3.8, 4) is 5.75 Å². The third-order valence-corrected chi connectivity index (χ3v) is 5.00. The van der Waals surface area contributed by atoms with Gasteiger partial charge >= 0.3 is 0 Å². The Morgan fingerprint density at radius 1 is 1.04 bits per heavy atom. The van der Waals surface area contributed by atoms with Crippen molar-refractivity contribution in [2.45, 2.75) is 32.9 Å². The predicted molar refractivity (Wildman–Crippen MR) is 119 cm³/mol. The van der Waals surface area contributed by atoms with Crippen LogP contribution in [-0.4, -0.2) is 49.7 Å². The fourth-order valence-electron chi connectivity index (χ4n) is 3.25. The molecule has 0 atom stereocenters. The molecule has 0 spiro atoms. The summed E-state index contributed by atoms with van der Waals surface area (Å²) >= 11 is 0. The molecule has 0 unspecified atom stereocenters. The summed E-state index contributed by atoms with van der Waals surface area (Å²) in [4.78, 5) is 9.42. The first-order valence-corrected chi connectivity index (χ1v) is 10.1. The Labute approximate surface area is 175 Å². The number of piperazine rings is 1. The number of halogens is 1. The minimum absolute atomic E-state index is 0. The number of benzene rings is 1. The van der Waals surface area contributed by atoms with Crippen LogP contribution in [0.25, 0.3) is 0 Å². The highest BCUT2D eigenvalue weighted by molar-refractivity contribution is 5.85. The number of rotatable bonds is 9. The van der Waals surface area contributed by atoms with Gasteiger partial charge in [0, 0.05) is 51.0 Å². The average molecular weight is 405 g/mol. The number of nitrogens with zero attached hydrogens (tertiary/aromatic N) is 3.